The average Bonchev–Trinajstić information content (AvgIpc) is 3.10. The van der Waals surface area contributed by atoms with Crippen LogP contribution in [0.3, 0.4) is 0 Å². The summed E-state index contributed by atoms with van der Waals surface area (Å²) in [7, 11) is 1.91. The normalized spacial score (nSPS) is 10.0. The van der Waals surface area contributed by atoms with Gasteiger partial charge in [0, 0.05) is 18.8 Å². The van der Waals surface area contributed by atoms with E-state index < -0.39 is 0 Å². The van der Waals surface area contributed by atoms with E-state index in [4.69, 9.17) is 0 Å². The Morgan fingerprint density at radius 2 is 1.36 bits per heavy atom. The fraction of sp³-hybridized carbons (Fsp3) is 0.385. The smallest absolute Gasteiger partial charge is 0.148 e. The molecular formula is C26H36FN. The molecule has 3 rings (SSSR count). The molecule has 0 bridgehead atoms. The molecule has 2 heteroatoms. The highest BCUT2D eigenvalue weighted by Gasteiger charge is 2.21. The quantitative estimate of drug-likeness (QED) is 0.418. The van der Waals surface area contributed by atoms with E-state index in [0.717, 1.165) is 18.4 Å². The first kappa shape index (κ1) is 23.7. The number of aromatic nitrogens is 1. The summed E-state index contributed by atoms with van der Waals surface area (Å²) in [5.74, 6) is 0.251. The van der Waals surface area contributed by atoms with Crippen molar-refractivity contribution in [1.29, 1.82) is 0 Å². The maximum Gasteiger partial charge on any atom is 0.148 e. The van der Waals surface area contributed by atoms with E-state index in [1.165, 1.54) is 16.7 Å². The van der Waals surface area contributed by atoms with E-state index in [1.54, 1.807) is 12.3 Å². The van der Waals surface area contributed by atoms with Crippen LogP contribution in [0, 0.1) is 5.82 Å². The molecule has 0 radical (unpaired) electrons. The zero-order valence-electron chi connectivity index (χ0n) is 18.6. The Kier molecular flexibility index (Phi) is 10.3. The molecule has 1 heterocycles. The molecule has 0 fully saturated rings. The summed E-state index contributed by atoms with van der Waals surface area (Å²) in [5.41, 5.74) is 5.34. The molecule has 0 saturated carbocycles. The first-order valence-electron chi connectivity index (χ1n) is 10.7. The van der Waals surface area contributed by atoms with Crippen molar-refractivity contribution < 1.29 is 4.39 Å². The van der Waals surface area contributed by atoms with E-state index in [0.29, 0.717) is 11.6 Å². The molecule has 0 unspecified atom stereocenters. The SMILES string of the molecule is CC.CC.CCC(CC)c1c(-c2ccccc2)cccc1-c1c(F)ccn1C. The number of nitrogens with zero attached hydrogens (tertiary/aromatic N) is 1. The predicted molar refractivity (Wildman–Crippen MR) is 122 cm³/mol. The van der Waals surface area contributed by atoms with Gasteiger partial charge in [-0.25, -0.2) is 4.39 Å². The maximum absolute atomic E-state index is 14.5. The minimum absolute atomic E-state index is 0.157. The first-order chi connectivity index (χ1) is 13.7. The Balaban J connectivity index is 0.000000921. The number of hydrogen-bond acceptors (Lipinski definition) is 0. The Morgan fingerprint density at radius 1 is 0.786 bits per heavy atom. The molecule has 1 aromatic heterocycles. The number of aryl methyl sites for hydroxylation is 1. The van der Waals surface area contributed by atoms with E-state index in [-0.39, 0.29) is 5.82 Å². The van der Waals surface area contributed by atoms with Crippen LogP contribution in [0.2, 0.25) is 0 Å². The van der Waals surface area contributed by atoms with Crippen molar-refractivity contribution in [1.82, 2.24) is 4.57 Å². The second kappa shape index (κ2) is 12.2. The van der Waals surface area contributed by atoms with Crippen molar-refractivity contribution in [2.24, 2.45) is 7.05 Å². The van der Waals surface area contributed by atoms with Crippen LogP contribution < -0.4 is 0 Å². The lowest BCUT2D eigenvalue weighted by molar-refractivity contribution is 0.624. The molecule has 3 aromatic rings. The molecule has 0 spiro atoms. The summed E-state index contributed by atoms with van der Waals surface area (Å²) in [6, 6.07) is 18.2. The third-order valence-corrected chi connectivity index (χ3v) is 4.86. The summed E-state index contributed by atoms with van der Waals surface area (Å²) in [4.78, 5) is 0. The van der Waals surface area contributed by atoms with Crippen LogP contribution in [-0.2, 0) is 7.05 Å². The summed E-state index contributed by atoms with van der Waals surface area (Å²) < 4.78 is 16.3. The summed E-state index contributed by atoms with van der Waals surface area (Å²) >= 11 is 0. The van der Waals surface area contributed by atoms with Crippen molar-refractivity contribution in [3.63, 3.8) is 0 Å². The fourth-order valence-corrected chi connectivity index (χ4v) is 3.60. The van der Waals surface area contributed by atoms with Gasteiger partial charge in [-0.3, -0.25) is 0 Å². The lowest BCUT2D eigenvalue weighted by Gasteiger charge is -2.22. The average molecular weight is 382 g/mol. The van der Waals surface area contributed by atoms with Crippen molar-refractivity contribution >= 4 is 0 Å². The Hall–Kier alpha value is -2.35. The highest BCUT2D eigenvalue weighted by Crippen LogP contribution is 2.40. The molecule has 0 atom stereocenters. The Morgan fingerprint density at radius 3 is 1.86 bits per heavy atom. The van der Waals surface area contributed by atoms with Gasteiger partial charge in [-0.05, 0) is 41.5 Å². The number of hydrogen-bond donors (Lipinski definition) is 0. The van der Waals surface area contributed by atoms with Crippen LogP contribution in [-0.4, -0.2) is 4.57 Å². The lowest BCUT2D eigenvalue weighted by atomic mass is 9.83. The molecule has 152 valence electrons. The summed E-state index contributed by atoms with van der Waals surface area (Å²) in [6.07, 6.45) is 3.87. The first-order valence-corrected chi connectivity index (χ1v) is 10.7. The van der Waals surface area contributed by atoms with Gasteiger partial charge in [0.05, 0.1) is 5.69 Å². The van der Waals surface area contributed by atoms with Crippen LogP contribution in [0.5, 0.6) is 0 Å². The topological polar surface area (TPSA) is 4.93 Å². The van der Waals surface area contributed by atoms with Gasteiger partial charge in [-0.15, -0.1) is 0 Å². The molecule has 0 aliphatic carbocycles. The zero-order valence-corrected chi connectivity index (χ0v) is 18.6. The van der Waals surface area contributed by atoms with Gasteiger partial charge in [0.1, 0.15) is 5.82 Å². The maximum atomic E-state index is 14.5. The Labute approximate surface area is 171 Å². The van der Waals surface area contributed by atoms with E-state index in [1.807, 2.05) is 51.4 Å². The van der Waals surface area contributed by atoms with E-state index in [2.05, 4.69) is 50.2 Å². The minimum atomic E-state index is -0.157. The fourth-order valence-electron chi connectivity index (χ4n) is 3.60. The third kappa shape index (κ3) is 5.13. The van der Waals surface area contributed by atoms with Crippen molar-refractivity contribution in [3.05, 3.63) is 72.2 Å². The zero-order chi connectivity index (χ0) is 21.1. The van der Waals surface area contributed by atoms with Crippen LogP contribution >= 0.6 is 0 Å². The van der Waals surface area contributed by atoms with Crippen LogP contribution in [0.1, 0.15) is 65.9 Å². The molecule has 0 saturated heterocycles. The van der Waals surface area contributed by atoms with Gasteiger partial charge in [0.25, 0.3) is 0 Å². The highest BCUT2D eigenvalue weighted by molar-refractivity contribution is 5.78. The molecular weight excluding hydrogens is 345 g/mol. The van der Waals surface area contributed by atoms with Gasteiger partial charge >= 0.3 is 0 Å². The van der Waals surface area contributed by atoms with E-state index >= 15 is 0 Å². The molecule has 28 heavy (non-hydrogen) atoms. The molecule has 0 N–H and O–H groups in total. The monoisotopic (exact) mass is 381 g/mol. The van der Waals surface area contributed by atoms with Gasteiger partial charge in [-0.1, -0.05) is 90.1 Å². The van der Waals surface area contributed by atoms with Crippen molar-refractivity contribution in [2.45, 2.75) is 60.3 Å². The number of benzene rings is 2. The number of rotatable bonds is 5. The molecule has 0 aliphatic heterocycles. The van der Waals surface area contributed by atoms with Crippen LogP contribution in [0.25, 0.3) is 22.4 Å². The molecule has 1 nitrogen and oxygen atoms in total. The minimum Gasteiger partial charge on any atom is -0.348 e. The van der Waals surface area contributed by atoms with Gasteiger partial charge in [-0.2, -0.15) is 0 Å². The lowest BCUT2D eigenvalue weighted by Crippen LogP contribution is -2.04. The standard InChI is InChI=1S/C22H24FN.2C2H6/c1-4-16(5-2)21-18(17-10-7-6-8-11-17)12-9-13-19(21)22-20(23)14-15-24(22)3;2*1-2/h6-16H,4-5H2,1-3H3;2*1-2H3. The van der Waals surface area contributed by atoms with Crippen molar-refractivity contribution in [2.75, 3.05) is 0 Å². The van der Waals surface area contributed by atoms with E-state index in [9.17, 15) is 4.39 Å². The predicted octanol–water partition coefficient (Wildman–Crippen LogP) is 8.45. The summed E-state index contributed by atoms with van der Waals surface area (Å²) in [5, 5.41) is 0. The molecule has 0 aliphatic rings. The van der Waals surface area contributed by atoms with Gasteiger partial charge < -0.3 is 4.57 Å². The molecule has 2 aromatic carbocycles. The van der Waals surface area contributed by atoms with Gasteiger partial charge in [0.2, 0.25) is 0 Å². The van der Waals surface area contributed by atoms with Crippen LogP contribution in [0.15, 0.2) is 60.8 Å². The largest absolute Gasteiger partial charge is 0.348 e. The third-order valence-electron chi connectivity index (χ3n) is 4.86. The number of halogens is 1. The van der Waals surface area contributed by atoms with Crippen molar-refractivity contribution in [3.8, 4) is 22.4 Å². The second-order valence-corrected chi connectivity index (χ2v) is 6.27. The second-order valence-electron chi connectivity index (χ2n) is 6.27. The van der Waals surface area contributed by atoms with Gasteiger partial charge in [0.15, 0.2) is 0 Å². The summed E-state index contributed by atoms with van der Waals surface area (Å²) in [6.45, 7) is 12.4. The highest BCUT2D eigenvalue weighted by atomic mass is 19.1. The molecule has 0 amide bonds. The van der Waals surface area contributed by atoms with Crippen LogP contribution in [0.4, 0.5) is 4.39 Å². The Bertz CT molecular complexity index is 794.